The summed E-state index contributed by atoms with van der Waals surface area (Å²) < 4.78 is 95.2. The standard InChI is InChI=1S/C22H18F7N5O.ClH/c23-14-8-16(25)15(24)6-12(14)5-13(30)7-19(35)33-3-4-34-17(10-33)20(32-21(34)22(27,28)29)11-1-2-18(26)31-9-11;/h1-2,6,8-9,13H,3-5,7,10,30H2;1H/t13-;/m1./s1. The Balaban J connectivity index is 0.00000361. The van der Waals surface area contributed by atoms with E-state index in [0.717, 1.165) is 16.8 Å². The average molecular weight is 538 g/mol. The first-order valence-corrected chi connectivity index (χ1v) is 10.4. The number of imidazole rings is 1. The van der Waals surface area contributed by atoms with Crippen molar-refractivity contribution in [3.63, 3.8) is 0 Å². The Bertz CT molecular complexity index is 1260. The van der Waals surface area contributed by atoms with Crippen LogP contribution in [0.15, 0.2) is 30.5 Å². The Morgan fingerprint density at radius 2 is 1.75 bits per heavy atom. The number of alkyl halides is 3. The highest BCUT2D eigenvalue weighted by Gasteiger charge is 2.41. The molecule has 4 rings (SSSR count). The summed E-state index contributed by atoms with van der Waals surface area (Å²) in [5.74, 6) is -6.11. The molecule has 0 bridgehead atoms. The van der Waals surface area contributed by atoms with E-state index >= 15 is 0 Å². The molecule has 36 heavy (non-hydrogen) atoms. The van der Waals surface area contributed by atoms with Crippen LogP contribution in [0.4, 0.5) is 30.7 Å². The van der Waals surface area contributed by atoms with Gasteiger partial charge >= 0.3 is 6.18 Å². The highest BCUT2D eigenvalue weighted by molar-refractivity contribution is 5.85. The molecule has 1 atom stereocenters. The lowest BCUT2D eigenvalue weighted by atomic mass is 10.0. The summed E-state index contributed by atoms with van der Waals surface area (Å²) in [6.07, 6.45) is -4.29. The number of halogens is 8. The highest BCUT2D eigenvalue weighted by Crippen LogP contribution is 2.35. The van der Waals surface area contributed by atoms with Crippen molar-refractivity contribution in [3.8, 4) is 11.3 Å². The quantitative estimate of drug-likeness (QED) is 0.300. The van der Waals surface area contributed by atoms with E-state index in [-0.39, 0.29) is 67.4 Å². The summed E-state index contributed by atoms with van der Waals surface area (Å²) in [6.45, 7) is -0.510. The fraction of sp³-hybridized carbons (Fsp3) is 0.318. The van der Waals surface area contributed by atoms with E-state index in [4.69, 9.17) is 5.73 Å². The third kappa shape index (κ3) is 5.62. The lowest BCUT2D eigenvalue weighted by molar-refractivity contribution is -0.148. The Morgan fingerprint density at radius 1 is 1.06 bits per heavy atom. The molecule has 2 N–H and O–H groups in total. The van der Waals surface area contributed by atoms with Gasteiger partial charge in [0.1, 0.15) is 5.82 Å². The molecule has 0 radical (unpaired) electrons. The zero-order valence-corrected chi connectivity index (χ0v) is 19.1. The van der Waals surface area contributed by atoms with Gasteiger partial charge in [-0.05, 0) is 30.2 Å². The van der Waals surface area contributed by atoms with Gasteiger partial charge in [0.25, 0.3) is 0 Å². The normalized spacial score (nSPS) is 14.3. The van der Waals surface area contributed by atoms with Crippen LogP contribution in [0.5, 0.6) is 0 Å². The van der Waals surface area contributed by atoms with Gasteiger partial charge < -0.3 is 15.2 Å². The van der Waals surface area contributed by atoms with E-state index in [1.54, 1.807) is 0 Å². The van der Waals surface area contributed by atoms with Crippen molar-refractivity contribution in [3.05, 3.63) is 70.9 Å². The molecule has 3 aromatic rings. The average Bonchev–Trinajstić information content (AvgIpc) is 3.17. The fourth-order valence-corrected chi connectivity index (χ4v) is 3.97. The van der Waals surface area contributed by atoms with Gasteiger partial charge in [0.2, 0.25) is 17.7 Å². The maximum absolute atomic E-state index is 13.9. The lowest BCUT2D eigenvalue weighted by Gasteiger charge is -2.30. The number of nitrogens with two attached hydrogens (primary N) is 1. The maximum Gasteiger partial charge on any atom is 0.449 e. The number of nitrogens with zero attached hydrogens (tertiary/aromatic N) is 4. The van der Waals surface area contributed by atoms with E-state index in [9.17, 15) is 35.5 Å². The monoisotopic (exact) mass is 537 g/mol. The zero-order chi connectivity index (χ0) is 25.5. The Labute approximate surface area is 206 Å². The van der Waals surface area contributed by atoms with Crippen molar-refractivity contribution >= 4 is 18.3 Å². The minimum absolute atomic E-state index is 0. The Kier molecular flexibility index (Phi) is 7.94. The van der Waals surface area contributed by atoms with E-state index in [1.165, 1.54) is 11.0 Å². The molecule has 2 aromatic heterocycles. The number of amides is 1. The molecule has 0 saturated heterocycles. The van der Waals surface area contributed by atoms with Crippen LogP contribution in [0, 0.1) is 23.4 Å². The van der Waals surface area contributed by atoms with E-state index in [0.29, 0.717) is 12.1 Å². The first-order valence-electron chi connectivity index (χ1n) is 10.4. The molecule has 1 aliphatic heterocycles. The molecule has 0 spiro atoms. The Hall–Kier alpha value is -3.19. The van der Waals surface area contributed by atoms with Gasteiger partial charge in [0.05, 0.1) is 17.9 Å². The van der Waals surface area contributed by atoms with Crippen LogP contribution >= 0.6 is 12.4 Å². The van der Waals surface area contributed by atoms with Crippen LogP contribution in [-0.4, -0.2) is 37.9 Å². The van der Waals surface area contributed by atoms with Gasteiger partial charge in [-0.1, -0.05) is 0 Å². The molecule has 3 heterocycles. The Morgan fingerprint density at radius 3 is 2.39 bits per heavy atom. The molecule has 1 aliphatic rings. The van der Waals surface area contributed by atoms with Crippen LogP contribution in [0.3, 0.4) is 0 Å². The smallest absolute Gasteiger partial charge is 0.335 e. The molecule has 0 fully saturated rings. The number of pyridine rings is 1. The predicted octanol–water partition coefficient (Wildman–Crippen LogP) is 4.24. The summed E-state index contributed by atoms with van der Waals surface area (Å²) in [7, 11) is 0. The van der Waals surface area contributed by atoms with Crippen molar-refractivity contribution < 1.29 is 35.5 Å². The van der Waals surface area contributed by atoms with Crippen LogP contribution in [-0.2, 0) is 30.5 Å². The van der Waals surface area contributed by atoms with Crippen LogP contribution in [0.25, 0.3) is 11.3 Å². The number of hydrogen-bond donors (Lipinski definition) is 1. The van der Waals surface area contributed by atoms with Crippen LogP contribution < -0.4 is 5.73 Å². The molecule has 0 aliphatic carbocycles. The van der Waals surface area contributed by atoms with Crippen LogP contribution in [0.1, 0.15) is 23.5 Å². The van der Waals surface area contributed by atoms with Gasteiger partial charge in [-0.2, -0.15) is 17.6 Å². The molecule has 1 aromatic carbocycles. The molecular formula is C22H19ClF7N5O. The van der Waals surface area contributed by atoms with E-state index in [1.807, 2.05) is 0 Å². The number of hydrogen-bond acceptors (Lipinski definition) is 4. The first-order chi connectivity index (χ1) is 16.4. The fourth-order valence-electron chi connectivity index (χ4n) is 3.97. The molecular weight excluding hydrogens is 519 g/mol. The van der Waals surface area contributed by atoms with Crippen molar-refractivity contribution in [2.75, 3.05) is 6.54 Å². The number of carbonyl (C=O) groups is 1. The van der Waals surface area contributed by atoms with Gasteiger partial charge in [-0.25, -0.2) is 23.1 Å². The van der Waals surface area contributed by atoms with Gasteiger partial charge in [0.15, 0.2) is 11.6 Å². The molecule has 1 amide bonds. The van der Waals surface area contributed by atoms with Gasteiger partial charge in [-0.3, -0.25) is 4.79 Å². The second kappa shape index (κ2) is 10.4. The third-order valence-electron chi connectivity index (χ3n) is 5.62. The van der Waals surface area contributed by atoms with Crippen LogP contribution in [0.2, 0.25) is 0 Å². The van der Waals surface area contributed by atoms with Crippen molar-refractivity contribution in [1.82, 2.24) is 19.4 Å². The third-order valence-corrected chi connectivity index (χ3v) is 5.62. The first kappa shape index (κ1) is 27.4. The van der Waals surface area contributed by atoms with Crippen molar-refractivity contribution in [2.24, 2.45) is 5.73 Å². The van der Waals surface area contributed by atoms with Gasteiger partial charge in [0, 0.05) is 43.4 Å². The second-order valence-electron chi connectivity index (χ2n) is 8.09. The summed E-state index contributed by atoms with van der Waals surface area (Å²) >= 11 is 0. The highest BCUT2D eigenvalue weighted by atomic mass is 35.5. The number of aromatic nitrogens is 3. The topological polar surface area (TPSA) is 77.0 Å². The minimum atomic E-state index is -4.76. The number of carbonyl (C=O) groups excluding carboxylic acids is 1. The maximum atomic E-state index is 13.9. The van der Waals surface area contributed by atoms with Crippen molar-refractivity contribution in [2.45, 2.75) is 38.1 Å². The lowest BCUT2D eigenvalue weighted by Crippen LogP contribution is -2.42. The summed E-state index contributed by atoms with van der Waals surface area (Å²) in [5.41, 5.74) is 5.86. The molecule has 0 saturated carbocycles. The second-order valence-corrected chi connectivity index (χ2v) is 8.09. The summed E-state index contributed by atoms with van der Waals surface area (Å²) in [5, 5.41) is 0. The van der Waals surface area contributed by atoms with Crippen molar-refractivity contribution in [1.29, 1.82) is 0 Å². The number of rotatable bonds is 5. The number of fused-ring (bicyclic) bond motifs is 1. The summed E-state index contributed by atoms with van der Waals surface area (Å²) in [4.78, 5) is 21.2. The number of benzene rings is 1. The summed E-state index contributed by atoms with van der Waals surface area (Å²) in [6, 6.07) is 2.31. The molecule has 6 nitrogen and oxygen atoms in total. The predicted molar refractivity (Wildman–Crippen MR) is 116 cm³/mol. The SMILES string of the molecule is Cl.N[C@@H](CC(=O)N1CCn2c(C(F)(F)F)nc(-c3ccc(F)nc3)c2C1)Cc1cc(F)c(F)cc1F. The zero-order valence-electron chi connectivity index (χ0n) is 18.3. The molecule has 14 heteroatoms. The largest absolute Gasteiger partial charge is 0.449 e. The van der Waals surface area contributed by atoms with E-state index in [2.05, 4.69) is 9.97 Å². The molecule has 194 valence electrons. The molecule has 0 unspecified atom stereocenters. The van der Waals surface area contributed by atoms with Gasteiger partial charge in [-0.15, -0.1) is 12.4 Å². The minimum Gasteiger partial charge on any atom is -0.335 e. The van der Waals surface area contributed by atoms with E-state index < -0.39 is 47.3 Å².